The van der Waals surface area contributed by atoms with E-state index in [1.165, 1.54) is 30.5 Å². The Hall–Kier alpha value is -2.01. The van der Waals surface area contributed by atoms with E-state index in [2.05, 4.69) is 20.9 Å². The van der Waals surface area contributed by atoms with Gasteiger partial charge in [0.05, 0.1) is 10.7 Å². The van der Waals surface area contributed by atoms with Gasteiger partial charge in [-0.15, -0.1) is 0 Å². The number of aromatic nitrogens is 2. The van der Waals surface area contributed by atoms with Gasteiger partial charge in [-0.05, 0) is 52.3 Å². The highest BCUT2D eigenvalue weighted by molar-refractivity contribution is 9.10. The lowest BCUT2D eigenvalue weighted by atomic mass is 10.1. The molecule has 2 heterocycles. The molecule has 3 rings (SSSR count). The maximum absolute atomic E-state index is 12.9. The zero-order chi connectivity index (χ0) is 13.4. The number of pyridine rings is 1. The van der Waals surface area contributed by atoms with Crippen LogP contribution in [0.25, 0.3) is 5.65 Å². The van der Waals surface area contributed by atoms with E-state index in [0.717, 1.165) is 4.47 Å². The predicted octanol–water partition coefficient (Wildman–Crippen LogP) is 3.47. The van der Waals surface area contributed by atoms with Crippen LogP contribution < -0.4 is 0 Å². The van der Waals surface area contributed by atoms with Crippen LogP contribution in [0.3, 0.4) is 0 Å². The molecule has 0 amide bonds. The lowest BCUT2D eigenvalue weighted by molar-refractivity contribution is 0.103. The zero-order valence-corrected chi connectivity index (χ0v) is 11.3. The van der Waals surface area contributed by atoms with E-state index in [1.54, 1.807) is 10.6 Å². The molecule has 0 spiro atoms. The van der Waals surface area contributed by atoms with E-state index in [0.29, 0.717) is 16.9 Å². The van der Waals surface area contributed by atoms with E-state index >= 15 is 0 Å². The number of carbonyl (C=O) groups excluding carboxylic acids is 1. The summed E-state index contributed by atoms with van der Waals surface area (Å²) >= 11 is 3.38. The monoisotopic (exact) mass is 318 g/mol. The minimum Gasteiger partial charge on any atom is -0.296 e. The number of carbonyl (C=O) groups is 1. The van der Waals surface area contributed by atoms with Gasteiger partial charge in [0.25, 0.3) is 0 Å². The molecule has 5 heteroatoms. The number of benzene rings is 1. The molecule has 94 valence electrons. The molecule has 0 radical (unpaired) electrons. The maximum Gasteiger partial charge on any atom is 0.211 e. The summed E-state index contributed by atoms with van der Waals surface area (Å²) in [5.41, 5.74) is 1.55. The molecule has 0 saturated carbocycles. The average molecular weight is 319 g/mol. The first-order valence-electron chi connectivity index (χ1n) is 5.58. The lowest BCUT2D eigenvalue weighted by Crippen LogP contribution is -2.05. The van der Waals surface area contributed by atoms with E-state index in [4.69, 9.17) is 0 Å². The molecule has 0 unspecified atom stereocenters. The van der Waals surface area contributed by atoms with Crippen molar-refractivity contribution in [3.8, 4) is 0 Å². The molecule has 3 aromatic rings. The van der Waals surface area contributed by atoms with Crippen molar-refractivity contribution in [3.63, 3.8) is 0 Å². The third-order valence-electron chi connectivity index (χ3n) is 2.83. The molecular weight excluding hydrogens is 311 g/mol. The minimum atomic E-state index is -0.363. The van der Waals surface area contributed by atoms with E-state index < -0.39 is 0 Å². The van der Waals surface area contributed by atoms with Crippen LogP contribution in [0.4, 0.5) is 4.39 Å². The Morgan fingerprint density at radius 1 is 1.21 bits per heavy atom. The maximum atomic E-state index is 12.9. The van der Waals surface area contributed by atoms with Gasteiger partial charge in [-0.1, -0.05) is 0 Å². The summed E-state index contributed by atoms with van der Waals surface area (Å²) in [6, 6.07) is 9.15. The van der Waals surface area contributed by atoms with Crippen molar-refractivity contribution in [1.29, 1.82) is 0 Å². The Morgan fingerprint density at radius 3 is 2.68 bits per heavy atom. The second-order valence-electron chi connectivity index (χ2n) is 4.03. The Morgan fingerprint density at radius 2 is 1.95 bits per heavy atom. The smallest absolute Gasteiger partial charge is 0.211 e. The first-order valence-corrected chi connectivity index (χ1v) is 6.38. The van der Waals surface area contributed by atoms with Crippen LogP contribution in [0.2, 0.25) is 0 Å². The average Bonchev–Trinajstić information content (AvgIpc) is 2.84. The third-order valence-corrected chi connectivity index (χ3v) is 3.45. The number of nitrogens with zero attached hydrogens (tertiary/aromatic N) is 2. The Kier molecular flexibility index (Phi) is 2.91. The van der Waals surface area contributed by atoms with E-state index in [9.17, 15) is 9.18 Å². The number of hydrogen-bond acceptors (Lipinski definition) is 2. The summed E-state index contributed by atoms with van der Waals surface area (Å²) < 4.78 is 15.4. The highest BCUT2D eigenvalue weighted by Gasteiger charge is 2.15. The molecule has 3 nitrogen and oxygen atoms in total. The zero-order valence-electron chi connectivity index (χ0n) is 9.68. The van der Waals surface area contributed by atoms with E-state index in [1.807, 2.05) is 12.1 Å². The highest BCUT2D eigenvalue weighted by atomic mass is 79.9. The normalized spacial score (nSPS) is 10.8. The van der Waals surface area contributed by atoms with Gasteiger partial charge in [-0.3, -0.25) is 9.20 Å². The summed E-state index contributed by atoms with van der Waals surface area (Å²) in [5.74, 6) is -0.553. The second kappa shape index (κ2) is 4.59. The van der Waals surface area contributed by atoms with Crippen molar-refractivity contribution in [2.45, 2.75) is 0 Å². The van der Waals surface area contributed by atoms with E-state index in [-0.39, 0.29) is 11.6 Å². The Bertz CT molecular complexity index is 765. The molecule has 0 fully saturated rings. The quantitative estimate of drug-likeness (QED) is 0.678. The molecule has 2 aromatic heterocycles. The van der Waals surface area contributed by atoms with Gasteiger partial charge in [0.2, 0.25) is 5.78 Å². The second-order valence-corrected chi connectivity index (χ2v) is 4.88. The van der Waals surface area contributed by atoms with Crippen LogP contribution in [-0.4, -0.2) is 15.2 Å². The summed E-state index contributed by atoms with van der Waals surface area (Å²) in [4.78, 5) is 16.5. The molecule has 0 N–H and O–H groups in total. The number of rotatable bonds is 2. The number of imidazole rings is 1. The minimum absolute atomic E-state index is 0.189. The van der Waals surface area contributed by atoms with Gasteiger partial charge in [-0.25, -0.2) is 9.37 Å². The van der Waals surface area contributed by atoms with Crippen molar-refractivity contribution >= 4 is 27.4 Å². The van der Waals surface area contributed by atoms with Crippen molar-refractivity contribution in [1.82, 2.24) is 9.38 Å². The van der Waals surface area contributed by atoms with Crippen LogP contribution >= 0.6 is 15.9 Å². The number of fused-ring (bicyclic) bond motifs is 1. The summed E-state index contributed by atoms with van der Waals surface area (Å²) in [6.07, 6.45) is 3.29. The van der Waals surface area contributed by atoms with Gasteiger partial charge in [-0.2, -0.15) is 0 Å². The van der Waals surface area contributed by atoms with Crippen molar-refractivity contribution in [2.75, 3.05) is 0 Å². The molecule has 0 saturated heterocycles. The Labute approximate surface area is 116 Å². The fraction of sp³-hybridized carbons (Fsp3) is 0. The third kappa shape index (κ3) is 2.06. The number of ketones is 1. The standard InChI is InChI=1S/C14H8BrFN2O/c15-11-2-1-7-18-12(8-17-14(11)18)13(19)9-3-5-10(16)6-4-9/h1-8H. The fourth-order valence-corrected chi connectivity index (χ4v) is 2.34. The van der Waals surface area contributed by atoms with Crippen LogP contribution in [0.1, 0.15) is 16.1 Å². The summed E-state index contributed by atoms with van der Waals surface area (Å²) in [6.45, 7) is 0. The van der Waals surface area contributed by atoms with Crippen molar-refractivity contribution in [2.24, 2.45) is 0 Å². The van der Waals surface area contributed by atoms with Gasteiger partial charge >= 0.3 is 0 Å². The molecule has 0 aliphatic rings. The lowest BCUT2D eigenvalue weighted by Gasteiger charge is -2.02. The molecule has 19 heavy (non-hydrogen) atoms. The molecule has 0 atom stereocenters. The molecule has 0 aliphatic carbocycles. The fourth-order valence-electron chi connectivity index (χ4n) is 1.89. The Balaban J connectivity index is 2.12. The predicted molar refractivity (Wildman–Crippen MR) is 72.7 cm³/mol. The van der Waals surface area contributed by atoms with Crippen LogP contribution in [0.5, 0.6) is 0 Å². The molecule has 0 aliphatic heterocycles. The first-order chi connectivity index (χ1) is 9.16. The largest absolute Gasteiger partial charge is 0.296 e. The summed E-state index contributed by atoms with van der Waals surface area (Å²) in [5, 5.41) is 0. The molecular formula is C14H8BrFN2O. The van der Waals surface area contributed by atoms with Gasteiger partial charge in [0.1, 0.15) is 11.5 Å². The molecule has 1 aromatic carbocycles. The van der Waals surface area contributed by atoms with Crippen LogP contribution in [-0.2, 0) is 0 Å². The van der Waals surface area contributed by atoms with Crippen LogP contribution in [0, 0.1) is 5.82 Å². The number of halogens is 2. The molecule has 0 bridgehead atoms. The first kappa shape index (κ1) is 12.0. The highest BCUT2D eigenvalue weighted by Crippen LogP contribution is 2.19. The van der Waals surface area contributed by atoms with Crippen molar-refractivity contribution < 1.29 is 9.18 Å². The number of hydrogen-bond donors (Lipinski definition) is 0. The summed E-state index contributed by atoms with van der Waals surface area (Å²) in [7, 11) is 0. The topological polar surface area (TPSA) is 34.4 Å². The van der Waals surface area contributed by atoms with Crippen molar-refractivity contribution in [3.05, 3.63) is 70.3 Å². The van der Waals surface area contributed by atoms with Crippen LogP contribution in [0.15, 0.2) is 53.3 Å². The van der Waals surface area contributed by atoms with Gasteiger partial charge < -0.3 is 0 Å². The SMILES string of the molecule is O=C(c1ccc(F)cc1)c1cnc2c(Br)cccn12. The van der Waals surface area contributed by atoms with Gasteiger partial charge in [0, 0.05) is 11.8 Å². The van der Waals surface area contributed by atoms with Gasteiger partial charge in [0.15, 0.2) is 5.65 Å².